The molecular formula is C23H24FNO3. The quantitative estimate of drug-likeness (QED) is 0.605. The Morgan fingerprint density at radius 2 is 1.96 bits per heavy atom. The minimum atomic E-state index is -0.256. The van der Waals surface area contributed by atoms with Crippen LogP contribution >= 0.6 is 0 Å². The molecule has 0 saturated carbocycles. The van der Waals surface area contributed by atoms with Crippen molar-refractivity contribution in [2.75, 3.05) is 26.2 Å². The van der Waals surface area contributed by atoms with Crippen LogP contribution in [0.15, 0.2) is 53.1 Å². The second-order valence-corrected chi connectivity index (χ2v) is 7.74. The lowest BCUT2D eigenvalue weighted by atomic mass is 9.84. The van der Waals surface area contributed by atoms with Crippen molar-refractivity contribution in [1.29, 1.82) is 0 Å². The summed E-state index contributed by atoms with van der Waals surface area (Å²) in [6, 6.07) is 13.2. The van der Waals surface area contributed by atoms with Gasteiger partial charge in [0.15, 0.2) is 0 Å². The number of halogens is 1. The highest BCUT2D eigenvalue weighted by Gasteiger charge is 2.42. The van der Waals surface area contributed by atoms with E-state index < -0.39 is 0 Å². The van der Waals surface area contributed by atoms with Gasteiger partial charge >= 0.3 is 0 Å². The fourth-order valence-electron chi connectivity index (χ4n) is 4.48. The van der Waals surface area contributed by atoms with Gasteiger partial charge in [0.2, 0.25) is 0 Å². The molecule has 3 heterocycles. The predicted octanol–water partition coefficient (Wildman–Crippen LogP) is 4.61. The summed E-state index contributed by atoms with van der Waals surface area (Å²) >= 11 is 0. The van der Waals surface area contributed by atoms with E-state index >= 15 is 0 Å². The summed E-state index contributed by atoms with van der Waals surface area (Å²) in [7, 11) is 0. The molecule has 1 aromatic heterocycles. The van der Waals surface area contributed by atoms with E-state index in [1.807, 2.05) is 0 Å². The van der Waals surface area contributed by atoms with E-state index in [4.69, 9.17) is 13.9 Å². The molecule has 5 rings (SSSR count). The van der Waals surface area contributed by atoms with Gasteiger partial charge in [0.25, 0.3) is 0 Å². The SMILES string of the molecule is Fc1ccc2occ(COCCN3CCC4(CC3)OCc3ccccc34)c2c1. The van der Waals surface area contributed by atoms with E-state index in [0.717, 1.165) is 50.0 Å². The standard InChI is InChI=1S/C23H24FNO3/c24-19-5-6-22-20(13-19)18(15-27-22)14-26-12-11-25-9-7-23(8-10-25)21-4-2-1-3-17(21)16-28-23/h1-6,13,15H,7-12,14,16H2. The zero-order valence-electron chi connectivity index (χ0n) is 15.8. The maximum Gasteiger partial charge on any atom is 0.134 e. The largest absolute Gasteiger partial charge is 0.464 e. The number of likely N-dealkylation sites (tertiary alicyclic amines) is 1. The average molecular weight is 381 g/mol. The molecule has 0 atom stereocenters. The molecule has 0 bridgehead atoms. The molecule has 4 nitrogen and oxygen atoms in total. The second-order valence-electron chi connectivity index (χ2n) is 7.74. The van der Waals surface area contributed by atoms with Gasteiger partial charge in [-0.2, -0.15) is 0 Å². The molecule has 2 aliphatic rings. The number of hydrogen-bond donors (Lipinski definition) is 0. The number of benzene rings is 2. The molecule has 0 amide bonds. The Morgan fingerprint density at radius 1 is 1.11 bits per heavy atom. The Hall–Kier alpha value is -2.21. The normalized spacial score (nSPS) is 18.8. The van der Waals surface area contributed by atoms with Crippen LogP contribution in [0.3, 0.4) is 0 Å². The van der Waals surface area contributed by atoms with Crippen LogP contribution in [-0.2, 0) is 28.3 Å². The van der Waals surface area contributed by atoms with Crippen molar-refractivity contribution in [2.45, 2.75) is 31.7 Å². The van der Waals surface area contributed by atoms with Gasteiger partial charge in [-0.3, -0.25) is 0 Å². The van der Waals surface area contributed by atoms with Crippen LogP contribution in [0.1, 0.15) is 29.5 Å². The van der Waals surface area contributed by atoms with E-state index in [0.29, 0.717) is 18.8 Å². The van der Waals surface area contributed by atoms with Crippen molar-refractivity contribution < 1.29 is 18.3 Å². The third-order valence-electron chi connectivity index (χ3n) is 6.10. The van der Waals surface area contributed by atoms with E-state index in [-0.39, 0.29) is 11.4 Å². The number of piperidine rings is 1. The summed E-state index contributed by atoms with van der Waals surface area (Å²) in [6.07, 6.45) is 3.70. The third kappa shape index (κ3) is 3.24. The van der Waals surface area contributed by atoms with Crippen molar-refractivity contribution >= 4 is 11.0 Å². The first-order valence-corrected chi connectivity index (χ1v) is 9.92. The number of ether oxygens (including phenoxy) is 2. The van der Waals surface area contributed by atoms with E-state index in [2.05, 4.69) is 29.2 Å². The summed E-state index contributed by atoms with van der Waals surface area (Å²) < 4.78 is 31.0. The Morgan fingerprint density at radius 3 is 2.86 bits per heavy atom. The summed E-state index contributed by atoms with van der Waals surface area (Å²) in [5, 5.41) is 0.789. The third-order valence-corrected chi connectivity index (χ3v) is 6.10. The van der Waals surface area contributed by atoms with Crippen molar-refractivity contribution in [3.8, 4) is 0 Å². The zero-order valence-corrected chi connectivity index (χ0v) is 15.8. The van der Waals surface area contributed by atoms with Gasteiger partial charge in [0.1, 0.15) is 11.4 Å². The van der Waals surface area contributed by atoms with E-state index in [1.54, 1.807) is 12.3 Å². The van der Waals surface area contributed by atoms with E-state index in [1.165, 1.54) is 23.3 Å². The van der Waals surface area contributed by atoms with Gasteiger partial charge in [-0.15, -0.1) is 0 Å². The summed E-state index contributed by atoms with van der Waals surface area (Å²) in [6.45, 7) is 4.73. The van der Waals surface area contributed by atoms with Crippen LogP contribution in [-0.4, -0.2) is 31.1 Å². The highest BCUT2D eigenvalue weighted by Crippen LogP contribution is 2.43. The topological polar surface area (TPSA) is 34.8 Å². The number of furan rings is 1. The number of fused-ring (bicyclic) bond motifs is 3. The molecule has 2 aliphatic heterocycles. The van der Waals surface area contributed by atoms with Crippen LogP contribution in [0.5, 0.6) is 0 Å². The van der Waals surface area contributed by atoms with Gasteiger partial charge < -0.3 is 18.8 Å². The van der Waals surface area contributed by atoms with Gasteiger partial charge in [-0.1, -0.05) is 24.3 Å². The van der Waals surface area contributed by atoms with Crippen LogP contribution in [0.2, 0.25) is 0 Å². The number of rotatable bonds is 5. The molecule has 0 N–H and O–H groups in total. The smallest absolute Gasteiger partial charge is 0.134 e. The van der Waals surface area contributed by atoms with Crippen molar-refractivity contribution in [3.05, 3.63) is 71.2 Å². The van der Waals surface area contributed by atoms with Gasteiger partial charge in [0, 0.05) is 30.6 Å². The highest BCUT2D eigenvalue weighted by molar-refractivity contribution is 5.80. The molecule has 0 unspecified atom stereocenters. The molecule has 0 radical (unpaired) electrons. The van der Waals surface area contributed by atoms with Gasteiger partial charge in [-0.05, 0) is 42.2 Å². The molecule has 146 valence electrons. The maximum atomic E-state index is 13.4. The van der Waals surface area contributed by atoms with Crippen LogP contribution in [0, 0.1) is 5.82 Å². The molecular weight excluding hydrogens is 357 g/mol. The zero-order chi connectivity index (χ0) is 19.0. The highest BCUT2D eigenvalue weighted by atomic mass is 19.1. The molecule has 1 saturated heterocycles. The fraction of sp³-hybridized carbons (Fsp3) is 0.391. The first-order chi connectivity index (χ1) is 13.7. The average Bonchev–Trinajstić information content (AvgIpc) is 3.29. The van der Waals surface area contributed by atoms with Gasteiger partial charge in [0.05, 0.1) is 31.7 Å². The van der Waals surface area contributed by atoms with Crippen molar-refractivity contribution in [2.24, 2.45) is 0 Å². The van der Waals surface area contributed by atoms with Crippen molar-refractivity contribution in [3.63, 3.8) is 0 Å². The van der Waals surface area contributed by atoms with Gasteiger partial charge in [-0.25, -0.2) is 4.39 Å². The maximum absolute atomic E-state index is 13.4. The van der Waals surface area contributed by atoms with Crippen molar-refractivity contribution in [1.82, 2.24) is 4.90 Å². The fourth-order valence-corrected chi connectivity index (χ4v) is 4.48. The van der Waals surface area contributed by atoms with Crippen LogP contribution < -0.4 is 0 Å². The summed E-state index contributed by atoms with van der Waals surface area (Å²) in [5.41, 5.74) is 4.21. The van der Waals surface area contributed by atoms with Crippen LogP contribution in [0.4, 0.5) is 4.39 Å². The predicted molar refractivity (Wildman–Crippen MR) is 104 cm³/mol. The lowest BCUT2D eigenvalue weighted by Crippen LogP contribution is -2.43. The molecule has 3 aromatic rings. The second kappa shape index (κ2) is 7.32. The van der Waals surface area contributed by atoms with Crippen LogP contribution in [0.25, 0.3) is 11.0 Å². The minimum Gasteiger partial charge on any atom is -0.464 e. The Kier molecular flexibility index (Phi) is 4.67. The lowest BCUT2D eigenvalue weighted by molar-refractivity contribution is -0.0811. The molecule has 0 aliphatic carbocycles. The molecule has 2 aromatic carbocycles. The van der Waals surface area contributed by atoms with E-state index in [9.17, 15) is 4.39 Å². The Bertz CT molecular complexity index is 975. The first-order valence-electron chi connectivity index (χ1n) is 9.92. The molecule has 28 heavy (non-hydrogen) atoms. The molecule has 5 heteroatoms. The number of nitrogens with zero attached hydrogens (tertiary/aromatic N) is 1. The monoisotopic (exact) mass is 381 g/mol. The minimum absolute atomic E-state index is 0.0896. The lowest BCUT2D eigenvalue weighted by Gasteiger charge is -2.39. The number of hydrogen-bond acceptors (Lipinski definition) is 4. The molecule has 1 spiro atoms. The summed E-state index contributed by atoms with van der Waals surface area (Å²) in [5.74, 6) is -0.256. The molecule has 1 fully saturated rings. The Labute approximate surface area is 163 Å². The Balaban J connectivity index is 1.12. The summed E-state index contributed by atoms with van der Waals surface area (Å²) in [4.78, 5) is 2.43. The first kappa shape index (κ1) is 17.9.